The highest BCUT2D eigenvalue weighted by molar-refractivity contribution is 6.03. The maximum absolute atomic E-state index is 11.8. The standard InChI is InChI=1S/C11H12N2O4/c1-6-11(16)13(5-10(14)15)8-3-2-7(12)4-9(8)17-6/h2-4,6H,5,12H2,1H3,(H,14,15). The van der Waals surface area contributed by atoms with Crippen LogP contribution in [-0.4, -0.2) is 29.6 Å². The fourth-order valence-electron chi connectivity index (χ4n) is 1.73. The number of amides is 1. The molecule has 6 nitrogen and oxygen atoms in total. The monoisotopic (exact) mass is 236 g/mol. The van der Waals surface area contributed by atoms with Crippen LogP contribution in [0.4, 0.5) is 11.4 Å². The number of hydrogen-bond donors (Lipinski definition) is 2. The molecular formula is C11H12N2O4. The van der Waals surface area contributed by atoms with E-state index in [1.54, 1.807) is 25.1 Å². The van der Waals surface area contributed by atoms with Gasteiger partial charge in [-0.3, -0.25) is 14.5 Å². The van der Waals surface area contributed by atoms with Gasteiger partial charge in [0.25, 0.3) is 5.91 Å². The van der Waals surface area contributed by atoms with E-state index in [0.717, 1.165) is 0 Å². The fourth-order valence-corrected chi connectivity index (χ4v) is 1.73. The van der Waals surface area contributed by atoms with Gasteiger partial charge in [0.05, 0.1) is 5.69 Å². The van der Waals surface area contributed by atoms with Crippen molar-refractivity contribution in [1.29, 1.82) is 0 Å². The van der Waals surface area contributed by atoms with Crippen molar-refractivity contribution >= 4 is 23.3 Å². The second-order valence-electron chi connectivity index (χ2n) is 3.81. The second-order valence-corrected chi connectivity index (χ2v) is 3.81. The van der Waals surface area contributed by atoms with Crippen LogP contribution in [0.25, 0.3) is 0 Å². The summed E-state index contributed by atoms with van der Waals surface area (Å²) < 4.78 is 5.37. The van der Waals surface area contributed by atoms with E-state index in [2.05, 4.69) is 0 Å². The topological polar surface area (TPSA) is 92.9 Å². The van der Waals surface area contributed by atoms with Crippen molar-refractivity contribution in [3.8, 4) is 5.75 Å². The van der Waals surface area contributed by atoms with Gasteiger partial charge in [-0.15, -0.1) is 0 Å². The van der Waals surface area contributed by atoms with Crippen molar-refractivity contribution in [2.75, 3.05) is 17.2 Å². The average molecular weight is 236 g/mol. The minimum absolute atomic E-state index is 0.371. The molecule has 0 aromatic heterocycles. The van der Waals surface area contributed by atoms with Crippen LogP contribution in [0.2, 0.25) is 0 Å². The Morgan fingerprint density at radius 2 is 2.29 bits per heavy atom. The van der Waals surface area contributed by atoms with Gasteiger partial charge in [-0.05, 0) is 19.1 Å². The molecular weight excluding hydrogens is 224 g/mol. The van der Waals surface area contributed by atoms with Crippen LogP contribution in [0.1, 0.15) is 6.92 Å². The Balaban J connectivity index is 2.45. The lowest BCUT2D eigenvalue weighted by Gasteiger charge is -2.32. The quantitative estimate of drug-likeness (QED) is 0.728. The van der Waals surface area contributed by atoms with Gasteiger partial charge in [-0.1, -0.05) is 0 Å². The average Bonchev–Trinajstić information content (AvgIpc) is 2.24. The summed E-state index contributed by atoms with van der Waals surface area (Å²) in [6, 6.07) is 4.75. The van der Waals surface area contributed by atoms with Gasteiger partial charge in [0.1, 0.15) is 12.3 Å². The molecule has 2 rings (SSSR count). The van der Waals surface area contributed by atoms with Crippen LogP contribution < -0.4 is 15.4 Å². The van der Waals surface area contributed by atoms with E-state index < -0.39 is 12.1 Å². The number of nitrogen functional groups attached to an aromatic ring is 1. The molecule has 1 aromatic rings. The molecule has 1 amide bonds. The molecule has 0 aliphatic carbocycles. The second kappa shape index (κ2) is 3.97. The molecule has 3 N–H and O–H groups in total. The van der Waals surface area contributed by atoms with Crippen LogP contribution in [0.15, 0.2) is 18.2 Å². The maximum Gasteiger partial charge on any atom is 0.323 e. The summed E-state index contributed by atoms with van der Waals surface area (Å²) in [5.41, 5.74) is 6.54. The third-order valence-electron chi connectivity index (χ3n) is 2.49. The Kier molecular flexibility index (Phi) is 2.63. The number of carboxylic acid groups (broad SMARTS) is 1. The summed E-state index contributed by atoms with van der Waals surface area (Å²) in [5, 5.41) is 8.79. The minimum atomic E-state index is -1.07. The first-order chi connectivity index (χ1) is 7.99. The smallest absolute Gasteiger partial charge is 0.323 e. The third kappa shape index (κ3) is 2.01. The summed E-state index contributed by atoms with van der Waals surface area (Å²) in [6.07, 6.45) is -0.705. The molecule has 0 fully saturated rings. The van der Waals surface area contributed by atoms with Crippen LogP contribution in [0, 0.1) is 0 Å². The van der Waals surface area contributed by atoms with Crippen LogP contribution in [0.5, 0.6) is 5.75 Å². The van der Waals surface area contributed by atoms with Gasteiger partial charge >= 0.3 is 5.97 Å². The Morgan fingerprint density at radius 3 is 2.94 bits per heavy atom. The molecule has 0 spiro atoms. The Morgan fingerprint density at radius 1 is 1.59 bits per heavy atom. The van der Waals surface area contributed by atoms with Crippen LogP contribution in [-0.2, 0) is 9.59 Å². The van der Waals surface area contributed by atoms with Gasteiger partial charge in [0, 0.05) is 11.8 Å². The lowest BCUT2D eigenvalue weighted by atomic mass is 10.1. The van der Waals surface area contributed by atoms with E-state index in [0.29, 0.717) is 17.1 Å². The number of benzene rings is 1. The number of rotatable bonds is 2. The van der Waals surface area contributed by atoms with E-state index >= 15 is 0 Å². The highest BCUT2D eigenvalue weighted by Gasteiger charge is 2.32. The predicted octanol–water partition coefficient (Wildman–Crippen LogP) is 0.467. The number of carbonyl (C=O) groups is 2. The van der Waals surface area contributed by atoms with Gasteiger partial charge in [-0.2, -0.15) is 0 Å². The zero-order valence-corrected chi connectivity index (χ0v) is 9.21. The van der Waals surface area contributed by atoms with Gasteiger partial charge in [-0.25, -0.2) is 0 Å². The number of nitrogens with two attached hydrogens (primary N) is 1. The Labute approximate surface area is 97.6 Å². The van der Waals surface area contributed by atoms with Crippen molar-refractivity contribution in [1.82, 2.24) is 0 Å². The Bertz CT molecular complexity index is 486. The summed E-state index contributed by atoms with van der Waals surface area (Å²) in [4.78, 5) is 23.7. The molecule has 90 valence electrons. The highest BCUT2D eigenvalue weighted by Crippen LogP contribution is 2.35. The summed E-state index contributed by atoms with van der Waals surface area (Å²) in [5.74, 6) is -1.02. The minimum Gasteiger partial charge on any atom is -0.480 e. The van der Waals surface area contributed by atoms with Gasteiger partial charge < -0.3 is 15.6 Å². The number of anilines is 2. The number of carbonyl (C=O) groups excluding carboxylic acids is 1. The number of nitrogens with zero attached hydrogens (tertiary/aromatic N) is 1. The third-order valence-corrected chi connectivity index (χ3v) is 2.49. The summed E-state index contributed by atoms with van der Waals surface area (Å²) in [7, 11) is 0. The molecule has 1 atom stereocenters. The predicted molar refractivity (Wildman–Crippen MR) is 60.9 cm³/mol. The Hall–Kier alpha value is -2.24. The zero-order valence-electron chi connectivity index (χ0n) is 9.21. The van der Waals surface area contributed by atoms with E-state index in [-0.39, 0.29) is 12.5 Å². The first-order valence-corrected chi connectivity index (χ1v) is 5.08. The molecule has 1 aliphatic rings. The molecule has 0 bridgehead atoms. The molecule has 17 heavy (non-hydrogen) atoms. The molecule has 0 saturated carbocycles. The van der Waals surface area contributed by atoms with Crippen molar-refractivity contribution in [3.05, 3.63) is 18.2 Å². The normalized spacial score (nSPS) is 18.5. The molecule has 1 aromatic carbocycles. The van der Waals surface area contributed by atoms with Gasteiger partial charge in [0.2, 0.25) is 0 Å². The largest absolute Gasteiger partial charge is 0.480 e. The first-order valence-electron chi connectivity index (χ1n) is 5.08. The maximum atomic E-state index is 11.8. The molecule has 0 saturated heterocycles. The molecule has 1 aliphatic heterocycles. The molecule has 1 heterocycles. The van der Waals surface area contributed by atoms with Crippen molar-refractivity contribution in [2.24, 2.45) is 0 Å². The zero-order chi connectivity index (χ0) is 12.6. The molecule has 1 unspecified atom stereocenters. The number of aliphatic carboxylic acids is 1. The lowest BCUT2D eigenvalue weighted by Crippen LogP contribution is -2.46. The van der Waals surface area contributed by atoms with E-state index in [4.69, 9.17) is 15.6 Å². The van der Waals surface area contributed by atoms with Crippen LogP contribution in [0.3, 0.4) is 0 Å². The highest BCUT2D eigenvalue weighted by atomic mass is 16.5. The molecule has 0 radical (unpaired) electrons. The van der Waals surface area contributed by atoms with E-state index in [1.165, 1.54) is 4.90 Å². The number of fused-ring (bicyclic) bond motifs is 1. The van der Waals surface area contributed by atoms with Crippen LogP contribution >= 0.6 is 0 Å². The SMILES string of the molecule is CC1Oc2cc(N)ccc2N(CC(=O)O)C1=O. The van der Waals surface area contributed by atoms with E-state index in [9.17, 15) is 9.59 Å². The summed E-state index contributed by atoms with van der Waals surface area (Å²) in [6.45, 7) is 1.19. The summed E-state index contributed by atoms with van der Waals surface area (Å²) >= 11 is 0. The van der Waals surface area contributed by atoms with Crippen molar-refractivity contribution in [2.45, 2.75) is 13.0 Å². The first kappa shape index (κ1) is 11.3. The lowest BCUT2D eigenvalue weighted by molar-refractivity contribution is -0.137. The number of hydrogen-bond acceptors (Lipinski definition) is 4. The molecule has 6 heteroatoms. The fraction of sp³-hybridized carbons (Fsp3) is 0.273. The van der Waals surface area contributed by atoms with E-state index in [1.807, 2.05) is 0 Å². The number of ether oxygens (including phenoxy) is 1. The van der Waals surface area contributed by atoms with Gasteiger partial charge in [0.15, 0.2) is 6.10 Å². The van der Waals surface area contributed by atoms with Crippen molar-refractivity contribution in [3.63, 3.8) is 0 Å². The number of carboxylic acids is 1. The van der Waals surface area contributed by atoms with Crippen molar-refractivity contribution < 1.29 is 19.4 Å².